The molecule has 3 aliphatic heterocycles. The topological polar surface area (TPSA) is 69.7 Å². The van der Waals surface area contributed by atoms with Gasteiger partial charge in [0.05, 0.1) is 6.04 Å². The van der Waals surface area contributed by atoms with Gasteiger partial charge in [0.25, 0.3) is 0 Å². The zero-order chi connectivity index (χ0) is 21.0. The Morgan fingerprint density at radius 1 is 1.00 bits per heavy atom. The normalized spacial score (nSPS) is 28.0. The van der Waals surface area contributed by atoms with Crippen molar-refractivity contribution in [2.75, 3.05) is 11.4 Å². The SMILES string of the molecule is CC(C)N1C(=O)NC(=O)[C@]2(Cc3ccccc3N3C[C@@H](c4ccccc4)C[C@H]32)C1=O. The molecule has 3 aliphatic rings. The summed E-state index contributed by atoms with van der Waals surface area (Å²) in [6.07, 6.45) is 1.00. The van der Waals surface area contributed by atoms with Crippen LogP contribution in [0.2, 0.25) is 0 Å². The fourth-order valence-corrected chi connectivity index (χ4v) is 5.49. The van der Waals surface area contributed by atoms with E-state index < -0.39 is 17.4 Å². The molecule has 3 atom stereocenters. The van der Waals surface area contributed by atoms with Gasteiger partial charge in [-0.15, -0.1) is 0 Å². The first-order valence-electron chi connectivity index (χ1n) is 10.5. The second-order valence-corrected chi connectivity index (χ2v) is 8.82. The van der Waals surface area contributed by atoms with E-state index in [4.69, 9.17) is 0 Å². The van der Waals surface area contributed by atoms with Gasteiger partial charge >= 0.3 is 6.03 Å². The van der Waals surface area contributed by atoms with Crippen LogP contribution in [0.5, 0.6) is 0 Å². The number of hydrogen-bond donors (Lipinski definition) is 1. The maximum atomic E-state index is 13.8. The van der Waals surface area contributed by atoms with Crippen molar-refractivity contribution >= 4 is 23.5 Å². The number of carbonyl (C=O) groups is 3. The van der Waals surface area contributed by atoms with Gasteiger partial charge in [-0.25, -0.2) is 4.79 Å². The number of rotatable bonds is 2. The molecule has 2 aromatic rings. The van der Waals surface area contributed by atoms with Crippen LogP contribution in [0.15, 0.2) is 54.6 Å². The third-order valence-corrected chi connectivity index (χ3v) is 6.87. The first-order valence-corrected chi connectivity index (χ1v) is 10.5. The van der Waals surface area contributed by atoms with Gasteiger partial charge in [-0.1, -0.05) is 48.5 Å². The molecule has 6 heteroatoms. The van der Waals surface area contributed by atoms with Crippen molar-refractivity contribution in [3.05, 3.63) is 65.7 Å². The van der Waals surface area contributed by atoms with Crippen molar-refractivity contribution in [1.82, 2.24) is 10.2 Å². The zero-order valence-corrected chi connectivity index (χ0v) is 17.2. The number of benzene rings is 2. The summed E-state index contributed by atoms with van der Waals surface area (Å²) in [5.41, 5.74) is 1.97. The van der Waals surface area contributed by atoms with E-state index in [0.717, 1.165) is 17.8 Å². The summed E-state index contributed by atoms with van der Waals surface area (Å²) in [7, 11) is 0. The van der Waals surface area contributed by atoms with Gasteiger partial charge in [0.15, 0.2) is 5.41 Å². The van der Waals surface area contributed by atoms with E-state index >= 15 is 0 Å². The molecular weight excluding hydrogens is 378 g/mol. The van der Waals surface area contributed by atoms with Crippen LogP contribution in [0, 0.1) is 5.41 Å². The first kappa shape index (κ1) is 18.9. The molecule has 6 nitrogen and oxygen atoms in total. The van der Waals surface area contributed by atoms with Gasteiger partial charge < -0.3 is 4.90 Å². The number of urea groups is 1. The summed E-state index contributed by atoms with van der Waals surface area (Å²) in [6, 6.07) is 17.0. The lowest BCUT2D eigenvalue weighted by Gasteiger charge is -2.50. The maximum absolute atomic E-state index is 13.8. The molecule has 1 spiro atoms. The minimum Gasteiger partial charge on any atom is -0.366 e. The van der Waals surface area contributed by atoms with Crippen molar-refractivity contribution in [3.8, 4) is 0 Å². The summed E-state index contributed by atoms with van der Waals surface area (Å²) in [4.78, 5) is 43.0. The Bertz CT molecular complexity index is 1040. The second-order valence-electron chi connectivity index (χ2n) is 8.82. The lowest BCUT2D eigenvalue weighted by atomic mass is 9.68. The highest BCUT2D eigenvalue weighted by atomic mass is 16.2. The minimum absolute atomic E-state index is 0.213. The second kappa shape index (κ2) is 6.69. The van der Waals surface area contributed by atoms with E-state index in [2.05, 4.69) is 28.4 Å². The Labute approximate surface area is 175 Å². The average Bonchev–Trinajstić information content (AvgIpc) is 3.18. The van der Waals surface area contributed by atoms with Crippen LogP contribution in [0.4, 0.5) is 10.5 Å². The smallest absolute Gasteiger partial charge is 0.331 e. The Hall–Kier alpha value is -3.15. The molecule has 154 valence electrons. The van der Waals surface area contributed by atoms with Crippen molar-refractivity contribution in [1.29, 1.82) is 0 Å². The Morgan fingerprint density at radius 2 is 1.70 bits per heavy atom. The predicted molar refractivity (Wildman–Crippen MR) is 113 cm³/mol. The molecule has 0 aromatic heterocycles. The Morgan fingerprint density at radius 3 is 2.43 bits per heavy atom. The number of anilines is 1. The molecule has 0 aliphatic carbocycles. The molecule has 0 bridgehead atoms. The van der Waals surface area contributed by atoms with Crippen molar-refractivity contribution in [2.24, 2.45) is 5.41 Å². The van der Waals surface area contributed by atoms with Crippen LogP contribution in [-0.2, 0) is 16.0 Å². The van der Waals surface area contributed by atoms with Gasteiger partial charge in [0, 0.05) is 24.2 Å². The van der Waals surface area contributed by atoms with Gasteiger partial charge in [0.1, 0.15) is 0 Å². The van der Waals surface area contributed by atoms with Crippen LogP contribution >= 0.6 is 0 Å². The van der Waals surface area contributed by atoms with E-state index in [9.17, 15) is 14.4 Å². The molecule has 5 rings (SSSR count). The van der Waals surface area contributed by atoms with Crippen LogP contribution in [0.1, 0.15) is 37.3 Å². The Kier molecular flexibility index (Phi) is 4.20. The van der Waals surface area contributed by atoms with Crippen LogP contribution in [0.3, 0.4) is 0 Å². The lowest BCUT2D eigenvalue weighted by molar-refractivity contribution is -0.154. The molecule has 0 saturated carbocycles. The van der Waals surface area contributed by atoms with Crippen LogP contribution < -0.4 is 10.2 Å². The third kappa shape index (κ3) is 2.52. The molecule has 1 N–H and O–H groups in total. The Balaban J connectivity index is 1.65. The molecule has 3 heterocycles. The van der Waals surface area contributed by atoms with E-state index in [1.54, 1.807) is 13.8 Å². The minimum atomic E-state index is -1.30. The molecule has 0 unspecified atom stereocenters. The number of imide groups is 2. The number of nitrogens with one attached hydrogen (secondary N) is 1. The lowest BCUT2D eigenvalue weighted by Crippen LogP contribution is -2.72. The van der Waals surface area contributed by atoms with Crippen molar-refractivity contribution in [3.63, 3.8) is 0 Å². The fourth-order valence-electron chi connectivity index (χ4n) is 5.49. The number of barbiturate groups is 1. The van der Waals surface area contributed by atoms with Crippen LogP contribution in [0.25, 0.3) is 0 Å². The average molecular weight is 403 g/mol. The largest absolute Gasteiger partial charge is 0.366 e. The first-order chi connectivity index (χ1) is 14.4. The van der Waals surface area contributed by atoms with Gasteiger partial charge in [-0.05, 0) is 43.9 Å². The van der Waals surface area contributed by atoms with Gasteiger partial charge in [-0.2, -0.15) is 0 Å². The predicted octanol–water partition coefficient (Wildman–Crippen LogP) is 3.08. The van der Waals surface area contributed by atoms with Crippen molar-refractivity contribution in [2.45, 2.75) is 44.7 Å². The number of para-hydroxylation sites is 1. The van der Waals surface area contributed by atoms with E-state index in [0.29, 0.717) is 12.8 Å². The summed E-state index contributed by atoms with van der Waals surface area (Å²) in [5.74, 6) is -0.623. The highest BCUT2D eigenvalue weighted by Crippen LogP contribution is 2.51. The molecule has 2 aromatic carbocycles. The third-order valence-electron chi connectivity index (χ3n) is 6.87. The van der Waals surface area contributed by atoms with E-state index in [1.165, 1.54) is 10.5 Å². The summed E-state index contributed by atoms with van der Waals surface area (Å²) >= 11 is 0. The summed E-state index contributed by atoms with van der Waals surface area (Å²) < 4.78 is 0. The number of hydrogen-bond acceptors (Lipinski definition) is 4. The number of fused-ring (bicyclic) bond motifs is 4. The summed E-state index contributed by atoms with van der Waals surface area (Å²) in [5, 5.41) is 2.50. The standard InChI is InChI=1S/C24H25N3O3/c1-15(2)27-22(29)24(21(28)25-23(27)30)13-17-10-6-7-11-19(17)26-14-18(12-20(24)26)16-8-4-3-5-9-16/h3-11,15,18,20H,12-14H2,1-2H3,(H,25,28,30)/t18-,20-,24+/m0/s1. The fraction of sp³-hybridized carbons (Fsp3) is 0.375. The monoisotopic (exact) mass is 403 g/mol. The maximum Gasteiger partial charge on any atom is 0.331 e. The summed E-state index contributed by atoms with van der Waals surface area (Å²) in [6.45, 7) is 4.34. The van der Waals surface area contributed by atoms with E-state index in [1.807, 2.05) is 36.4 Å². The van der Waals surface area contributed by atoms with Gasteiger partial charge in [-0.3, -0.25) is 19.8 Å². The van der Waals surface area contributed by atoms with Crippen LogP contribution in [-0.4, -0.2) is 41.4 Å². The molecule has 4 amide bonds. The molecule has 30 heavy (non-hydrogen) atoms. The number of nitrogens with zero attached hydrogens (tertiary/aromatic N) is 2. The zero-order valence-electron chi connectivity index (χ0n) is 17.2. The van der Waals surface area contributed by atoms with Crippen molar-refractivity contribution < 1.29 is 14.4 Å². The molecule has 2 fully saturated rings. The molecular formula is C24H25N3O3. The highest BCUT2D eigenvalue weighted by molar-refractivity contribution is 6.20. The molecule has 2 saturated heterocycles. The number of carbonyl (C=O) groups excluding carboxylic acids is 3. The number of amides is 4. The molecule has 0 radical (unpaired) electrons. The highest BCUT2D eigenvalue weighted by Gasteiger charge is 2.64. The quantitative estimate of drug-likeness (QED) is 0.783. The van der Waals surface area contributed by atoms with Gasteiger partial charge in [0.2, 0.25) is 11.8 Å². The van der Waals surface area contributed by atoms with E-state index in [-0.39, 0.29) is 23.9 Å².